The number of carbonyl (C=O) groups is 1. The maximum Gasteiger partial charge on any atom is 0.261 e. The molecule has 0 N–H and O–H groups in total. The molecule has 0 aliphatic rings. The van der Waals surface area contributed by atoms with Crippen LogP contribution in [0.2, 0.25) is 0 Å². The number of aryl methyl sites for hydroxylation is 2. The number of carbonyl (C=O) groups excluding carboxylic acids is 1. The molecule has 0 radical (unpaired) electrons. The lowest BCUT2D eigenvalue weighted by atomic mass is 10.1. The van der Waals surface area contributed by atoms with Crippen LogP contribution < -0.4 is 14.4 Å². The summed E-state index contributed by atoms with van der Waals surface area (Å²) in [5.74, 6) is 1.15. The Balaban J connectivity index is 2.42. The topological polar surface area (TPSA) is 56.6 Å². The summed E-state index contributed by atoms with van der Waals surface area (Å²) in [6, 6.07) is 5.35. The van der Waals surface area contributed by atoms with Crippen molar-refractivity contribution in [1.29, 1.82) is 0 Å². The van der Waals surface area contributed by atoms with Gasteiger partial charge in [-0.05, 0) is 13.8 Å². The van der Waals surface area contributed by atoms with Crippen molar-refractivity contribution in [2.75, 3.05) is 26.2 Å². The van der Waals surface area contributed by atoms with Crippen molar-refractivity contribution in [1.82, 2.24) is 9.78 Å². The lowest BCUT2D eigenvalue weighted by Crippen LogP contribution is -2.27. The van der Waals surface area contributed by atoms with Crippen LogP contribution in [-0.2, 0) is 7.05 Å². The Morgan fingerprint density at radius 3 is 2.09 bits per heavy atom. The number of amides is 1. The summed E-state index contributed by atoms with van der Waals surface area (Å²) in [5.41, 5.74) is 2.87. The Labute approximate surface area is 130 Å². The third kappa shape index (κ3) is 2.77. The molecule has 6 heteroatoms. The SMILES string of the molecule is COc1cc(OC)cc(N(C)C(=O)c2c(C)nn(C)c2C)c1. The zero-order valence-corrected chi connectivity index (χ0v) is 13.8. The van der Waals surface area contributed by atoms with Crippen molar-refractivity contribution >= 4 is 11.6 Å². The Bertz CT molecular complexity index is 685. The fraction of sp³-hybridized carbons (Fsp3) is 0.375. The van der Waals surface area contributed by atoms with E-state index in [1.54, 1.807) is 49.0 Å². The first-order valence-electron chi connectivity index (χ1n) is 6.90. The molecular weight excluding hydrogens is 282 g/mol. The van der Waals surface area contributed by atoms with E-state index in [0.717, 1.165) is 5.69 Å². The molecule has 6 nitrogen and oxygen atoms in total. The minimum absolute atomic E-state index is 0.113. The van der Waals surface area contributed by atoms with Crippen LogP contribution in [0.3, 0.4) is 0 Å². The predicted octanol–water partition coefficient (Wildman–Crippen LogP) is 2.33. The van der Waals surface area contributed by atoms with Gasteiger partial charge in [-0.3, -0.25) is 9.48 Å². The third-order valence-corrected chi connectivity index (χ3v) is 3.75. The lowest BCUT2D eigenvalue weighted by Gasteiger charge is -2.19. The van der Waals surface area contributed by atoms with Gasteiger partial charge < -0.3 is 14.4 Å². The molecule has 118 valence electrons. The molecule has 0 aliphatic carbocycles. The molecule has 1 aromatic carbocycles. The summed E-state index contributed by atoms with van der Waals surface area (Å²) < 4.78 is 12.2. The summed E-state index contributed by atoms with van der Waals surface area (Å²) >= 11 is 0. The predicted molar refractivity (Wildman–Crippen MR) is 85.0 cm³/mol. The highest BCUT2D eigenvalue weighted by atomic mass is 16.5. The van der Waals surface area contributed by atoms with Crippen LogP contribution in [0, 0.1) is 13.8 Å². The molecule has 0 atom stereocenters. The first-order chi connectivity index (χ1) is 10.4. The Kier molecular flexibility index (Phi) is 4.40. The van der Waals surface area contributed by atoms with Gasteiger partial charge in [-0.1, -0.05) is 0 Å². The van der Waals surface area contributed by atoms with E-state index in [1.165, 1.54) is 0 Å². The molecule has 0 saturated carbocycles. The molecule has 0 unspecified atom stereocenters. The number of hydrogen-bond donors (Lipinski definition) is 0. The van der Waals surface area contributed by atoms with Crippen LogP contribution in [0.15, 0.2) is 18.2 Å². The standard InChI is InChI=1S/C16H21N3O3/c1-10-15(11(2)19(4)17-10)16(20)18(3)12-7-13(21-5)9-14(8-12)22-6/h7-9H,1-6H3. The number of rotatable bonds is 4. The maximum absolute atomic E-state index is 12.8. The largest absolute Gasteiger partial charge is 0.497 e. The molecule has 22 heavy (non-hydrogen) atoms. The normalized spacial score (nSPS) is 10.5. The van der Waals surface area contributed by atoms with Crippen molar-refractivity contribution in [2.45, 2.75) is 13.8 Å². The lowest BCUT2D eigenvalue weighted by molar-refractivity contribution is 0.0991. The molecule has 2 aromatic rings. The molecule has 0 fully saturated rings. The Morgan fingerprint density at radius 2 is 1.68 bits per heavy atom. The third-order valence-electron chi connectivity index (χ3n) is 3.75. The Morgan fingerprint density at radius 1 is 1.14 bits per heavy atom. The van der Waals surface area contributed by atoms with Gasteiger partial charge in [0.2, 0.25) is 0 Å². The minimum atomic E-state index is -0.113. The van der Waals surface area contributed by atoms with E-state index >= 15 is 0 Å². The van der Waals surface area contributed by atoms with Gasteiger partial charge in [0.25, 0.3) is 5.91 Å². The fourth-order valence-electron chi connectivity index (χ4n) is 2.35. The molecule has 0 bridgehead atoms. The number of nitrogens with zero attached hydrogens (tertiary/aromatic N) is 3. The van der Waals surface area contributed by atoms with Gasteiger partial charge in [-0.25, -0.2) is 0 Å². The molecule has 1 amide bonds. The number of anilines is 1. The fourth-order valence-corrected chi connectivity index (χ4v) is 2.35. The number of methoxy groups -OCH3 is 2. The second-order valence-electron chi connectivity index (χ2n) is 5.10. The smallest absolute Gasteiger partial charge is 0.261 e. The summed E-state index contributed by atoms with van der Waals surface area (Å²) in [4.78, 5) is 14.4. The number of aromatic nitrogens is 2. The minimum Gasteiger partial charge on any atom is -0.497 e. The number of ether oxygens (including phenoxy) is 2. The average Bonchev–Trinajstić information content (AvgIpc) is 2.77. The van der Waals surface area contributed by atoms with Gasteiger partial charge >= 0.3 is 0 Å². The van der Waals surface area contributed by atoms with Crippen molar-refractivity contribution < 1.29 is 14.3 Å². The van der Waals surface area contributed by atoms with E-state index < -0.39 is 0 Å². The van der Waals surface area contributed by atoms with E-state index in [1.807, 2.05) is 20.9 Å². The van der Waals surface area contributed by atoms with E-state index in [9.17, 15) is 4.79 Å². The highest BCUT2D eigenvalue weighted by molar-refractivity contribution is 6.07. The van der Waals surface area contributed by atoms with Crippen LogP contribution >= 0.6 is 0 Å². The second kappa shape index (κ2) is 6.09. The zero-order valence-electron chi connectivity index (χ0n) is 13.8. The van der Waals surface area contributed by atoms with Crippen LogP contribution in [0.5, 0.6) is 11.5 Å². The molecular formula is C16H21N3O3. The van der Waals surface area contributed by atoms with Gasteiger partial charge in [0.15, 0.2) is 0 Å². The van der Waals surface area contributed by atoms with E-state index in [4.69, 9.17) is 9.47 Å². The van der Waals surface area contributed by atoms with Gasteiger partial charge in [0, 0.05) is 38.0 Å². The van der Waals surface area contributed by atoms with Crippen molar-refractivity contribution in [3.63, 3.8) is 0 Å². The van der Waals surface area contributed by atoms with Crippen LogP contribution in [0.25, 0.3) is 0 Å². The van der Waals surface area contributed by atoms with Gasteiger partial charge in [0.05, 0.1) is 31.2 Å². The molecule has 0 aliphatic heterocycles. The van der Waals surface area contributed by atoms with E-state index in [2.05, 4.69) is 5.10 Å². The number of benzene rings is 1. The van der Waals surface area contributed by atoms with Crippen LogP contribution in [0.4, 0.5) is 5.69 Å². The highest BCUT2D eigenvalue weighted by Gasteiger charge is 2.22. The molecule has 0 saturated heterocycles. The maximum atomic E-state index is 12.8. The van der Waals surface area contributed by atoms with Crippen LogP contribution in [0.1, 0.15) is 21.7 Å². The van der Waals surface area contributed by atoms with E-state index in [0.29, 0.717) is 28.4 Å². The average molecular weight is 303 g/mol. The monoisotopic (exact) mass is 303 g/mol. The van der Waals surface area contributed by atoms with Crippen LogP contribution in [-0.4, -0.2) is 37.0 Å². The van der Waals surface area contributed by atoms with Crippen molar-refractivity contribution in [2.24, 2.45) is 7.05 Å². The molecule has 1 aromatic heterocycles. The van der Waals surface area contributed by atoms with E-state index in [-0.39, 0.29) is 5.91 Å². The Hall–Kier alpha value is -2.50. The summed E-state index contributed by atoms with van der Waals surface area (Å²) in [5, 5.41) is 4.29. The summed E-state index contributed by atoms with van der Waals surface area (Å²) in [6.45, 7) is 3.72. The summed E-state index contributed by atoms with van der Waals surface area (Å²) in [7, 11) is 6.71. The molecule has 2 rings (SSSR count). The van der Waals surface area contributed by atoms with Gasteiger partial charge in [-0.2, -0.15) is 5.10 Å². The number of hydrogen-bond acceptors (Lipinski definition) is 4. The molecule has 0 spiro atoms. The van der Waals surface area contributed by atoms with Crippen molar-refractivity contribution in [3.05, 3.63) is 35.2 Å². The first kappa shape index (κ1) is 15.9. The van der Waals surface area contributed by atoms with Crippen molar-refractivity contribution in [3.8, 4) is 11.5 Å². The summed E-state index contributed by atoms with van der Waals surface area (Å²) in [6.07, 6.45) is 0. The zero-order chi connectivity index (χ0) is 16.4. The highest BCUT2D eigenvalue weighted by Crippen LogP contribution is 2.29. The first-order valence-corrected chi connectivity index (χ1v) is 6.90. The van der Waals surface area contributed by atoms with Gasteiger partial charge in [-0.15, -0.1) is 0 Å². The van der Waals surface area contributed by atoms with Gasteiger partial charge in [0.1, 0.15) is 11.5 Å². The quantitative estimate of drug-likeness (QED) is 0.870. The second-order valence-corrected chi connectivity index (χ2v) is 5.10. The molecule has 1 heterocycles.